The maximum atomic E-state index is 12.2. The molecule has 0 heterocycles. The molecular formula is C20H30N2O5. The molecule has 0 fully saturated rings. The van der Waals surface area contributed by atoms with Gasteiger partial charge in [-0.25, -0.2) is 4.79 Å². The fourth-order valence-electron chi connectivity index (χ4n) is 2.40. The minimum atomic E-state index is -0.576. The third-order valence-corrected chi connectivity index (χ3v) is 3.71. The van der Waals surface area contributed by atoms with E-state index in [-0.39, 0.29) is 30.6 Å². The van der Waals surface area contributed by atoms with Gasteiger partial charge in [0.15, 0.2) is 5.78 Å². The van der Waals surface area contributed by atoms with E-state index in [1.807, 2.05) is 0 Å². The van der Waals surface area contributed by atoms with Crippen LogP contribution in [0, 0.1) is 0 Å². The van der Waals surface area contributed by atoms with Crippen molar-refractivity contribution >= 4 is 17.8 Å². The molecular weight excluding hydrogens is 348 g/mol. The highest BCUT2D eigenvalue weighted by Crippen LogP contribution is 2.14. The summed E-state index contributed by atoms with van der Waals surface area (Å²) in [5.74, 6) is 0.419. The van der Waals surface area contributed by atoms with Gasteiger partial charge < -0.3 is 19.7 Å². The minimum absolute atomic E-state index is 0.0978. The monoisotopic (exact) mass is 378 g/mol. The molecule has 0 aromatic heterocycles. The first kappa shape index (κ1) is 22.5. The number of hydrogen-bond donors (Lipinski definition) is 1. The molecule has 1 rings (SSSR count). The lowest BCUT2D eigenvalue weighted by atomic mass is 10.1. The summed E-state index contributed by atoms with van der Waals surface area (Å²) in [4.78, 5) is 37.7. The number of likely N-dealkylation sites (N-methyl/N-ethyl adjacent to an activating group) is 1. The molecule has 0 saturated carbocycles. The molecule has 7 heteroatoms. The lowest BCUT2D eigenvalue weighted by Crippen LogP contribution is -2.44. The van der Waals surface area contributed by atoms with E-state index in [0.29, 0.717) is 17.9 Å². The van der Waals surface area contributed by atoms with Crippen molar-refractivity contribution in [3.8, 4) is 5.75 Å². The Balaban J connectivity index is 2.42. The van der Waals surface area contributed by atoms with E-state index in [4.69, 9.17) is 9.47 Å². The number of hydrogen-bond acceptors (Lipinski definition) is 5. The van der Waals surface area contributed by atoms with Gasteiger partial charge in [0.2, 0.25) is 5.91 Å². The van der Waals surface area contributed by atoms with E-state index in [2.05, 4.69) is 5.32 Å². The summed E-state index contributed by atoms with van der Waals surface area (Å²) in [5.41, 5.74) is -0.0286. The Morgan fingerprint density at radius 2 is 1.70 bits per heavy atom. The van der Waals surface area contributed by atoms with Gasteiger partial charge in [-0.05, 0) is 52.0 Å². The van der Waals surface area contributed by atoms with Crippen LogP contribution < -0.4 is 10.1 Å². The average Bonchev–Trinajstić information content (AvgIpc) is 2.57. The van der Waals surface area contributed by atoms with E-state index in [0.717, 1.165) is 0 Å². The van der Waals surface area contributed by atoms with Gasteiger partial charge in [0.1, 0.15) is 11.4 Å². The Bertz CT molecular complexity index is 649. The molecule has 1 aromatic carbocycles. The number of nitrogens with zero attached hydrogens (tertiary/aromatic N) is 1. The Labute approximate surface area is 161 Å². The topological polar surface area (TPSA) is 84.9 Å². The average molecular weight is 378 g/mol. The second-order valence-electron chi connectivity index (χ2n) is 7.47. The molecule has 27 heavy (non-hydrogen) atoms. The molecule has 1 N–H and O–H groups in total. The van der Waals surface area contributed by atoms with E-state index >= 15 is 0 Å². The van der Waals surface area contributed by atoms with Gasteiger partial charge in [-0.3, -0.25) is 9.59 Å². The lowest BCUT2D eigenvalue weighted by molar-refractivity contribution is -0.130. The maximum Gasteiger partial charge on any atom is 0.407 e. The quantitative estimate of drug-likeness (QED) is 0.703. The van der Waals surface area contributed by atoms with Gasteiger partial charge in [-0.15, -0.1) is 0 Å². The zero-order chi connectivity index (χ0) is 20.6. The van der Waals surface area contributed by atoms with E-state index < -0.39 is 11.7 Å². The summed E-state index contributed by atoms with van der Waals surface area (Å²) in [7, 11) is 3.21. The lowest BCUT2D eigenvalue weighted by Gasteiger charge is -2.25. The van der Waals surface area contributed by atoms with Gasteiger partial charge in [-0.1, -0.05) is 0 Å². The van der Waals surface area contributed by atoms with Crippen molar-refractivity contribution < 1.29 is 23.9 Å². The van der Waals surface area contributed by atoms with Crippen molar-refractivity contribution in [2.75, 3.05) is 20.7 Å². The first-order valence-electron chi connectivity index (χ1n) is 8.92. The van der Waals surface area contributed by atoms with E-state index in [1.54, 1.807) is 66.1 Å². The second-order valence-corrected chi connectivity index (χ2v) is 7.47. The summed E-state index contributed by atoms with van der Waals surface area (Å²) in [5, 5.41) is 2.69. The standard InChI is InChI=1S/C20H30N2O5/c1-14(21-19(25)27-20(2,3)4)13-22(5)18(24)12-11-17(23)15-7-9-16(26-6)10-8-15/h7-10,14H,11-13H2,1-6H3,(H,21,25). The first-order valence-corrected chi connectivity index (χ1v) is 8.92. The number of nitrogens with one attached hydrogen (secondary N) is 1. The van der Waals surface area contributed by atoms with Crippen molar-refractivity contribution in [2.24, 2.45) is 0 Å². The summed E-state index contributed by atoms with van der Waals surface area (Å²) >= 11 is 0. The molecule has 1 aromatic rings. The molecule has 0 saturated heterocycles. The van der Waals surface area contributed by atoms with Gasteiger partial charge >= 0.3 is 6.09 Å². The molecule has 1 atom stereocenters. The van der Waals surface area contributed by atoms with Gasteiger partial charge in [0.05, 0.1) is 7.11 Å². The van der Waals surface area contributed by atoms with E-state index in [9.17, 15) is 14.4 Å². The molecule has 0 aliphatic rings. The molecule has 0 radical (unpaired) electrons. The first-order chi connectivity index (χ1) is 12.5. The predicted molar refractivity (Wildman–Crippen MR) is 103 cm³/mol. The van der Waals surface area contributed by atoms with Crippen molar-refractivity contribution in [1.29, 1.82) is 0 Å². The largest absolute Gasteiger partial charge is 0.497 e. The molecule has 2 amide bonds. The van der Waals surface area contributed by atoms with Crippen LogP contribution in [0.1, 0.15) is 50.9 Å². The number of carbonyl (C=O) groups excluding carboxylic acids is 3. The van der Waals surface area contributed by atoms with Crippen LogP contribution in [-0.2, 0) is 9.53 Å². The van der Waals surface area contributed by atoms with Crippen molar-refractivity contribution in [2.45, 2.75) is 52.2 Å². The molecule has 1 unspecified atom stereocenters. The molecule has 0 spiro atoms. The molecule has 7 nitrogen and oxygen atoms in total. The minimum Gasteiger partial charge on any atom is -0.497 e. The zero-order valence-corrected chi connectivity index (χ0v) is 17.0. The van der Waals surface area contributed by atoms with Crippen LogP contribution in [0.15, 0.2) is 24.3 Å². The second kappa shape index (κ2) is 9.94. The van der Waals surface area contributed by atoms with Crippen LogP contribution in [0.25, 0.3) is 0 Å². The number of benzene rings is 1. The summed E-state index contributed by atoms with van der Waals surface area (Å²) < 4.78 is 10.2. The molecule has 0 bridgehead atoms. The number of alkyl carbamates (subject to hydrolysis) is 1. The molecule has 0 aliphatic carbocycles. The van der Waals surface area contributed by atoms with Crippen molar-refractivity contribution in [1.82, 2.24) is 10.2 Å². The maximum absolute atomic E-state index is 12.2. The number of methoxy groups -OCH3 is 1. The summed E-state index contributed by atoms with van der Waals surface area (Å²) in [6.45, 7) is 7.47. The third-order valence-electron chi connectivity index (χ3n) is 3.71. The Hall–Kier alpha value is -2.57. The van der Waals surface area contributed by atoms with Gasteiger partial charge in [0.25, 0.3) is 0 Å². The Morgan fingerprint density at radius 1 is 1.11 bits per heavy atom. The molecule has 150 valence electrons. The fourth-order valence-corrected chi connectivity index (χ4v) is 2.40. The third kappa shape index (κ3) is 8.57. The summed E-state index contributed by atoms with van der Waals surface area (Å²) in [6.07, 6.45) is -0.283. The number of rotatable bonds is 8. The highest BCUT2D eigenvalue weighted by Gasteiger charge is 2.20. The number of carbonyl (C=O) groups is 3. The summed E-state index contributed by atoms with van der Waals surface area (Å²) in [6, 6.07) is 6.52. The highest BCUT2D eigenvalue weighted by atomic mass is 16.6. The Morgan fingerprint density at radius 3 is 2.22 bits per heavy atom. The SMILES string of the molecule is COc1ccc(C(=O)CCC(=O)N(C)CC(C)NC(=O)OC(C)(C)C)cc1. The van der Waals surface area contributed by atoms with Crippen molar-refractivity contribution in [3.05, 3.63) is 29.8 Å². The van der Waals surface area contributed by atoms with Gasteiger partial charge in [-0.2, -0.15) is 0 Å². The van der Waals surface area contributed by atoms with Crippen LogP contribution in [0.5, 0.6) is 5.75 Å². The van der Waals surface area contributed by atoms with Crippen LogP contribution in [-0.4, -0.2) is 55.0 Å². The van der Waals surface area contributed by atoms with Crippen molar-refractivity contribution in [3.63, 3.8) is 0 Å². The number of Topliss-reactive ketones (excluding diaryl/α,β-unsaturated/α-hetero) is 1. The van der Waals surface area contributed by atoms with Crippen LogP contribution in [0.2, 0.25) is 0 Å². The van der Waals surface area contributed by atoms with E-state index in [1.165, 1.54) is 4.90 Å². The highest BCUT2D eigenvalue weighted by molar-refractivity contribution is 5.98. The van der Waals surface area contributed by atoms with Crippen LogP contribution in [0.4, 0.5) is 4.79 Å². The Kier molecular flexibility index (Phi) is 8.28. The number of amides is 2. The number of ketones is 1. The zero-order valence-electron chi connectivity index (χ0n) is 17.0. The number of ether oxygens (including phenoxy) is 2. The normalized spacial score (nSPS) is 12.1. The van der Waals surface area contributed by atoms with Crippen LogP contribution >= 0.6 is 0 Å². The van der Waals surface area contributed by atoms with Crippen LogP contribution in [0.3, 0.4) is 0 Å². The predicted octanol–water partition coefficient (Wildman–Crippen LogP) is 3.03. The fraction of sp³-hybridized carbons (Fsp3) is 0.550. The smallest absolute Gasteiger partial charge is 0.407 e. The van der Waals surface area contributed by atoms with Gasteiger partial charge in [0, 0.05) is 38.0 Å². The molecule has 0 aliphatic heterocycles.